The van der Waals surface area contributed by atoms with Gasteiger partial charge in [0.2, 0.25) is 0 Å². The molecule has 0 saturated carbocycles. The minimum Gasteiger partial charge on any atom is -0.508 e. The van der Waals surface area contributed by atoms with E-state index in [2.05, 4.69) is 21.0 Å². The lowest BCUT2D eigenvalue weighted by Gasteiger charge is -2.35. The summed E-state index contributed by atoms with van der Waals surface area (Å²) >= 11 is 0. The molecule has 0 spiro atoms. The van der Waals surface area contributed by atoms with Crippen LogP contribution in [0.4, 0.5) is 10.1 Å². The number of ether oxygens (including phenoxy) is 1. The fourth-order valence-corrected chi connectivity index (χ4v) is 8.78. The predicted molar refractivity (Wildman–Crippen MR) is 160 cm³/mol. The van der Waals surface area contributed by atoms with Gasteiger partial charge in [-0.05, 0) is 94.0 Å². The minimum absolute atomic E-state index is 0.121. The Bertz CT molecular complexity index is 1580. The van der Waals surface area contributed by atoms with E-state index in [0.29, 0.717) is 49.1 Å². The molecule has 2 atom stereocenters. The molecule has 7 nitrogen and oxygen atoms in total. The Morgan fingerprint density at radius 1 is 1.10 bits per heavy atom. The molecule has 0 aliphatic carbocycles. The zero-order valence-electron chi connectivity index (χ0n) is 24.0. The summed E-state index contributed by atoms with van der Waals surface area (Å²) in [6.07, 6.45) is 16.0. The van der Waals surface area contributed by atoms with Crippen LogP contribution in [-0.2, 0) is 13.0 Å². The van der Waals surface area contributed by atoms with Crippen LogP contribution in [0.15, 0.2) is 24.3 Å². The highest BCUT2D eigenvalue weighted by atomic mass is 19.1. The highest BCUT2D eigenvalue weighted by Gasteiger charge is 2.45. The number of anilines is 1. The first-order valence-corrected chi connectivity index (χ1v) is 15.7. The summed E-state index contributed by atoms with van der Waals surface area (Å²) in [6, 6.07) is 8.00. The first-order chi connectivity index (χ1) is 20.5. The van der Waals surface area contributed by atoms with E-state index in [-0.39, 0.29) is 16.9 Å². The quantitative estimate of drug-likeness (QED) is 0.420. The van der Waals surface area contributed by atoms with Crippen molar-refractivity contribution in [2.24, 2.45) is 0 Å². The van der Waals surface area contributed by atoms with E-state index < -0.39 is 5.82 Å². The third kappa shape index (κ3) is 4.32. The van der Waals surface area contributed by atoms with Gasteiger partial charge in [-0.3, -0.25) is 4.90 Å². The monoisotopic (exact) mass is 567 g/mol. The van der Waals surface area contributed by atoms with Gasteiger partial charge in [0, 0.05) is 41.7 Å². The predicted octanol–water partition coefficient (Wildman–Crippen LogP) is 5.02. The zero-order chi connectivity index (χ0) is 28.4. The maximum absolute atomic E-state index is 14.8. The highest BCUT2D eigenvalue weighted by molar-refractivity contribution is 6.00. The number of hydrogen-bond acceptors (Lipinski definition) is 7. The SMILES string of the molecule is C#Cc1c(F)ccc2cc(O)cc(N3CCc4c(nc(OCC56CCCN5CCC6)nc4C4CC5CCC(C4)N5)C3)c12. The van der Waals surface area contributed by atoms with Crippen molar-refractivity contribution in [1.29, 1.82) is 0 Å². The van der Waals surface area contributed by atoms with Crippen molar-refractivity contribution in [2.45, 2.75) is 87.9 Å². The first kappa shape index (κ1) is 26.2. The van der Waals surface area contributed by atoms with Gasteiger partial charge in [-0.1, -0.05) is 12.0 Å². The smallest absolute Gasteiger partial charge is 0.316 e. The van der Waals surface area contributed by atoms with E-state index in [1.54, 1.807) is 18.2 Å². The molecule has 42 heavy (non-hydrogen) atoms. The molecule has 4 saturated heterocycles. The molecule has 2 unspecified atom stereocenters. The Morgan fingerprint density at radius 3 is 2.64 bits per heavy atom. The summed E-state index contributed by atoms with van der Waals surface area (Å²) in [4.78, 5) is 15.0. The first-order valence-electron chi connectivity index (χ1n) is 15.7. The fraction of sp³-hybridized carbons (Fsp3) is 0.529. The summed E-state index contributed by atoms with van der Waals surface area (Å²) in [5.74, 6) is 2.65. The van der Waals surface area contributed by atoms with Crippen molar-refractivity contribution < 1.29 is 14.2 Å². The second kappa shape index (κ2) is 10.1. The van der Waals surface area contributed by atoms with Crippen LogP contribution >= 0.6 is 0 Å². The number of aromatic nitrogens is 2. The number of fused-ring (bicyclic) bond motifs is 5. The van der Waals surface area contributed by atoms with Gasteiger partial charge in [0.25, 0.3) is 0 Å². The number of benzene rings is 2. The van der Waals surface area contributed by atoms with Crippen molar-refractivity contribution >= 4 is 16.5 Å². The molecule has 8 rings (SSSR count). The van der Waals surface area contributed by atoms with E-state index in [0.717, 1.165) is 54.8 Å². The Kier molecular flexibility index (Phi) is 6.31. The Hall–Kier alpha value is -3.41. The molecule has 1 aromatic heterocycles. The second-order valence-corrected chi connectivity index (χ2v) is 13.1. The molecule has 6 heterocycles. The summed E-state index contributed by atoms with van der Waals surface area (Å²) in [7, 11) is 0. The van der Waals surface area contributed by atoms with Crippen molar-refractivity contribution in [3.8, 4) is 24.1 Å². The summed E-state index contributed by atoms with van der Waals surface area (Å²) in [6.45, 7) is 4.18. The lowest BCUT2D eigenvalue weighted by atomic mass is 9.85. The van der Waals surface area contributed by atoms with Crippen molar-refractivity contribution in [1.82, 2.24) is 20.2 Å². The molecular weight excluding hydrogens is 529 g/mol. The van der Waals surface area contributed by atoms with Crippen molar-refractivity contribution in [3.05, 3.63) is 52.6 Å². The largest absolute Gasteiger partial charge is 0.508 e. The van der Waals surface area contributed by atoms with Crippen LogP contribution in [0.2, 0.25) is 0 Å². The zero-order valence-corrected chi connectivity index (χ0v) is 24.0. The molecule has 2 N–H and O–H groups in total. The number of aromatic hydroxyl groups is 1. The molecule has 3 aromatic rings. The summed E-state index contributed by atoms with van der Waals surface area (Å²) < 4.78 is 21.4. The fourth-order valence-electron chi connectivity index (χ4n) is 8.78. The summed E-state index contributed by atoms with van der Waals surface area (Å²) in [5, 5.41) is 15.8. The van der Waals surface area contributed by atoms with Crippen LogP contribution in [0.3, 0.4) is 0 Å². The van der Waals surface area contributed by atoms with Crippen molar-refractivity contribution in [2.75, 3.05) is 31.1 Å². The van der Waals surface area contributed by atoms with Gasteiger partial charge in [0.1, 0.15) is 18.2 Å². The van der Waals surface area contributed by atoms with Gasteiger partial charge >= 0.3 is 6.01 Å². The Morgan fingerprint density at radius 2 is 1.88 bits per heavy atom. The van der Waals surface area contributed by atoms with Crippen LogP contribution in [0, 0.1) is 18.2 Å². The van der Waals surface area contributed by atoms with E-state index in [9.17, 15) is 9.50 Å². The van der Waals surface area contributed by atoms with E-state index in [1.165, 1.54) is 50.2 Å². The number of rotatable bonds is 5. The summed E-state index contributed by atoms with van der Waals surface area (Å²) in [5.41, 5.74) is 4.44. The number of halogens is 1. The third-order valence-electron chi connectivity index (χ3n) is 10.7. The third-order valence-corrected chi connectivity index (χ3v) is 10.7. The van der Waals surface area contributed by atoms with Crippen molar-refractivity contribution in [3.63, 3.8) is 0 Å². The number of hydrogen-bond donors (Lipinski definition) is 2. The molecule has 0 amide bonds. The maximum Gasteiger partial charge on any atom is 0.316 e. The van der Waals surface area contributed by atoms with Gasteiger partial charge in [0.15, 0.2) is 0 Å². The van der Waals surface area contributed by atoms with Gasteiger partial charge in [0.05, 0.1) is 29.0 Å². The molecule has 5 aliphatic heterocycles. The van der Waals surface area contributed by atoms with E-state index in [1.807, 2.05) is 0 Å². The second-order valence-electron chi connectivity index (χ2n) is 13.1. The van der Waals surface area contributed by atoms with Crippen LogP contribution in [0.5, 0.6) is 11.8 Å². The lowest BCUT2D eigenvalue weighted by Crippen LogP contribution is -2.43. The maximum atomic E-state index is 14.8. The number of nitrogens with zero attached hydrogens (tertiary/aromatic N) is 4. The average molecular weight is 568 g/mol. The van der Waals surface area contributed by atoms with E-state index >= 15 is 0 Å². The minimum atomic E-state index is -0.428. The van der Waals surface area contributed by atoms with Crippen LogP contribution in [-0.4, -0.2) is 63.8 Å². The van der Waals surface area contributed by atoms with Gasteiger partial charge in [-0.2, -0.15) is 9.97 Å². The normalized spacial score (nSPS) is 26.3. The molecule has 2 aromatic carbocycles. The Labute approximate surface area is 246 Å². The number of piperidine rings is 1. The average Bonchev–Trinajstić information content (AvgIpc) is 3.68. The molecule has 0 radical (unpaired) electrons. The Balaban J connectivity index is 1.17. The molecular formula is C34H38FN5O2. The van der Waals surface area contributed by atoms with Gasteiger partial charge in [-0.25, -0.2) is 4.39 Å². The standard InChI is InChI=1S/C34H38FN5O2/c1-2-26-28(35)8-5-21-17-25(41)18-30(31(21)26)39-14-9-27-29(19-39)37-33(42-20-34-10-3-12-40(34)13-4-11-34)38-32(27)22-15-23-6-7-24(16-22)36-23/h1,5,8,17-18,22-24,36,41H,3-4,6-7,9-16,19-20H2. The number of nitrogens with one attached hydrogen (secondary N) is 1. The molecule has 2 bridgehead atoms. The van der Waals surface area contributed by atoms with Gasteiger partial charge < -0.3 is 20.1 Å². The lowest BCUT2D eigenvalue weighted by molar-refractivity contribution is 0.107. The van der Waals surface area contributed by atoms with E-state index in [4.69, 9.17) is 21.1 Å². The topological polar surface area (TPSA) is 73.8 Å². The number of terminal acetylenes is 1. The number of phenolic OH excluding ortho intramolecular Hbond substituents is 1. The molecule has 218 valence electrons. The number of phenols is 1. The molecule has 4 fully saturated rings. The van der Waals surface area contributed by atoms with Crippen LogP contribution in [0.1, 0.15) is 79.8 Å². The van der Waals surface area contributed by atoms with Crippen LogP contribution < -0.4 is 15.0 Å². The molecule has 5 aliphatic rings. The van der Waals surface area contributed by atoms with Crippen LogP contribution in [0.25, 0.3) is 10.8 Å². The molecule has 8 heteroatoms. The van der Waals surface area contributed by atoms with Gasteiger partial charge in [-0.15, -0.1) is 6.42 Å². The highest BCUT2D eigenvalue weighted by Crippen LogP contribution is 2.43.